The Kier molecular flexibility index (Phi) is 5.43. The Hall–Kier alpha value is -2.69. The van der Waals surface area contributed by atoms with Crippen LogP contribution < -0.4 is 10.6 Å². The molecule has 2 N–H and O–H groups in total. The Bertz CT molecular complexity index is 748. The van der Waals surface area contributed by atoms with E-state index in [1.165, 1.54) is 23.8 Å². The second kappa shape index (κ2) is 7.92. The van der Waals surface area contributed by atoms with Crippen LogP contribution in [0.1, 0.15) is 18.4 Å². The summed E-state index contributed by atoms with van der Waals surface area (Å²) in [4.78, 5) is 24.2. The van der Waals surface area contributed by atoms with Gasteiger partial charge in [0.2, 0.25) is 11.8 Å². The second-order valence-electron chi connectivity index (χ2n) is 6.33. The summed E-state index contributed by atoms with van der Waals surface area (Å²) in [6.45, 7) is 0.600. The van der Waals surface area contributed by atoms with E-state index in [1.807, 2.05) is 18.2 Å². The second-order valence-corrected chi connectivity index (χ2v) is 6.33. The minimum Gasteiger partial charge on any atom is -0.356 e. The van der Waals surface area contributed by atoms with Crippen molar-refractivity contribution < 1.29 is 14.0 Å². The highest BCUT2D eigenvalue weighted by Crippen LogP contribution is 2.39. The topological polar surface area (TPSA) is 58.2 Å². The van der Waals surface area contributed by atoms with Gasteiger partial charge in [-0.3, -0.25) is 9.59 Å². The van der Waals surface area contributed by atoms with E-state index in [2.05, 4.69) is 22.8 Å². The van der Waals surface area contributed by atoms with Crippen molar-refractivity contribution in [2.75, 3.05) is 11.9 Å². The number of anilines is 1. The van der Waals surface area contributed by atoms with Crippen LogP contribution in [-0.2, 0) is 16.0 Å². The Morgan fingerprint density at radius 2 is 1.76 bits per heavy atom. The molecule has 2 aromatic carbocycles. The lowest BCUT2D eigenvalue weighted by atomic mass is 10.1. The van der Waals surface area contributed by atoms with Crippen molar-refractivity contribution in [1.29, 1.82) is 0 Å². The van der Waals surface area contributed by atoms with Gasteiger partial charge < -0.3 is 10.6 Å². The minimum absolute atomic E-state index is 0.0764. The van der Waals surface area contributed by atoms with Crippen molar-refractivity contribution in [3.05, 3.63) is 66.0 Å². The largest absolute Gasteiger partial charge is 0.356 e. The van der Waals surface area contributed by atoms with Gasteiger partial charge in [-0.05, 0) is 43.0 Å². The molecule has 0 aromatic heterocycles. The fraction of sp³-hybridized carbons (Fsp3) is 0.300. The fourth-order valence-electron chi connectivity index (χ4n) is 2.86. The van der Waals surface area contributed by atoms with Gasteiger partial charge in [0.15, 0.2) is 0 Å². The van der Waals surface area contributed by atoms with Crippen LogP contribution in [0.5, 0.6) is 0 Å². The van der Waals surface area contributed by atoms with E-state index in [9.17, 15) is 14.0 Å². The van der Waals surface area contributed by atoms with E-state index in [4.69, 9.17) is 0 Å². The summed E-state index contributed by atoms with van der Waals surface area (Å²) in [7, 11) is 0. The predicted molar refractivity (Wildman–Crippen MR) is 94.4 cm³/mol. The maximum absolute atomic E-state index is 13.1. The van der Waals surface area contributed by atoms with Crippen LogP contribution in [0, 0.1) is 17.7 Å². The zero-order chi connectivity index (χ0) is 17.6. The van der Waals surface area contributed by atoms with Crippen LogP contribution in [0.3, 0.4) is 0 Å². The molecule has 1 saturated carbocycles. The van der Waals surface area contributed by atoms with Gasteiger partial charge >= 0.3 is 0 Å². The third-order valence-electron chi connectivity index (χ3n) is 4.34. The number of hydrogen-bond donors (Lipinski definition) is 2. The molecule has 2 atom stereocenters. The lowest BCUT2D eigenvalue weighted by molar-refractivity contribution is -0.125. The molecule has 0 aliphatic heterocycles. The molecule has 130 valence electrons. The van der Waals surface area contributed by atoms with Gasteiger partial charge in [0, 0.05) is 12.2 Å². The van der Waals surface area contributed by atoms with Crippen molar-refractivity contribution in [3.63, 3.8) is 0 Å². The van der Waals surface area contributed by atoms with Gasteiger partial charge in [-0.1, -0.05) is 36.4 Å². The zero-order valence-electron chi connectivity index (χ0n) is 13.9. The average molecular weight is 340 g/mol. The number of hydrogen-bond acceptors (Lipinski definition) is 2. The standard InChI is InChI=1S/C20H21FN2O2/c21-15-9-4-10-16(12-15)23-20(25)18-13-17(18)19(24)22-11-5-8-14-6-2-1-3-7-14/h1-4,6-7,9-10,12,17-18H,5,8,11,13H2,(H,22,24)(H,23,25). The Balaban J connectivity index is 1.37. The van der Waals surface area contributed by atoms with Crippen LogP contribution in [0.4, 0.5) is 10.1 Å². The van der Waals surface area contributed by atoms with Gasteiger partial charge in [0.25, 0.3) is 0 Å². The van der Waals surface area contributed by atoms with Gasteiger partial charge in [0.1, 0.15) is 5.82 Å². The van der Waals surface area contributed by atoms with Gasteiger partial charge in [-0.15, -0.1) is 0 Å². The molecule has 1 aliphatic rings. The third-order valence-corrected chi connectivity index (χ3v) is 4.34. The van der Waals surface area contributed by atoms with E-state index in [0.29, 0.717) is 18.7 Å². The van der Waals surface area contributed by atoms with Gasteiger partial charge in [-0.2, -0.15) is 0 Å². The highest BCUT2D eigenvalue weighted by Gasteiger charge is 2.47. The SMILES string of the molecule is O=C(NCCCc1ccccc1)C1CC1C(=O)Nc1cccc(F)c1. The number of carbonyl (C=O) groups excluding carboxylic acids is 2. The molecule has 1 fully saturated rings. The zero-order valence-corrected chi connectivity index (χ0v) is 13.9. The number of rotatable bonds is 7. The van der Waals surface area contributed by atoms with Crippen LogP contribution in [0.15, 0.2) is 54.6 Å². The molecule has 0 bridgehead atoms. The van der Waals surface area contributed by atoms with E-state index in [0.717, 1.165) is 12.8 Å². The van der Waals surface area contributed by atoms with Crippen LogP contribution in [0.2, 0.25) is 0 Å². The van der Waals surface area contributed by atoms with E-state index in [-0.39, 0.29) is 23.7 Å². The Morgan fingerprint density at radius 1 is 1.00 bits per heavy atom. The number of aryl methyl sites for hydroxylation is 1. The summed E-state index contributed by atoms with van der Waals surface area (Å²) in [5.41, 5.74) is 1.66. The number of nitrogens with one attached hydrogen (secondary N) is 2. The molecule has 0 radical (unpaired) electrons. The lowest BCUT2D eigenvalue weighted by Crippen LogP contribution is -2.28. The first kappa shape index (κ1) is 17.1. The van der Waals surface area contributed by atoms with E-state index >= 15 is 0 Å². The van der Waals surface area contributed by atoms with Crippen molar-refractivity contribution >= 4 is 17.5 Å². The molecular weight excluding hydrogens is 319 g/mol. The summed E-state index contributed by atoms with van der Waals surface area (Å²) < 4.78 is 13.1. The van der Waals surface area contributed by atoms with Crippen LogP contribution in [0.25, 0.3) is 0 Å². The maximum Gasteiger partial charge on any atom is 0.228 e. The molecule has 0 saturated heterocycles. The molecule has 1 aliphatic carbocycles. The number of amides is 2. The molecule has 0 spiro atoms. The molecule has 0 heterocycles. The van der Waals surface area contributed by atoms with Crippen molar-refractivity contribution in [3.8, 4) is 0 Å². The Labute approximate surface area is 146 Å². The molecule has 5 heteroatoms. The first-order valence-electron chi connectivity index (χ1n) is 8.51. The molecule has 3 rings (SSSR count). The molecule has 2 aromatic rings. The highest BCUT2D eigenvalue weighted by atomic mass is 19.1. The quantitative estimate of drug-likeness (QED) is 0.761. The molecule has 2 unspecified atom stereocenters. The fourth-order valence-corrected chi connectivity index (χ4v) is 2.86. The average Bonchev–Trinajstić information content (AvgIpc) is 3.40. The summed E-state index contributed by atoms with van der Waals surface area (Å²) in [6, 6.07) is 15.9. The molecule has 4 nitrogen and oxygen atoms in total. The van der Waals surface area contributed by atoms with E-state index < -0.39 is 5.82 Å². The first-order valence-corrected chi connectivity index (χ1v) is 8.51. The number of halogens is 1. The summed E-state index contributed by atoms with van der Waals surface area (Å²) in [5.74, 6) is -1.30. The van der Waals surface area contributed by atoms with Crippen LogP contribution >= 0.6 is 0 Å². The summed E-state index contributed by atoms with van der Waals surface area (Å²) in [5, 5.41) is 5.55. The number of carbonyl (C=O) groups is 2. The normalized spacial score (nSPS) is 18.4. The van der Waals surface area contributed by atoms with Crippen molar-refractivity contribution in [2.24, 2.45) is 11.8 Å². The molecule has 25 heavy (non-hydrogen) atoms. The van der Waals surface area contributed by atoms with Crippen molar-refractivity contribution in [2.45, 2.75) is 19.3 Å². The predicted octanol–water partition coefficient (Wildman–Crippen LogP) is 3.15. The monoisotopic (exact) mass is 340 g/mol. The van der Waals surface area contributed by atoms with Crippen LogP contribution in [-0.4, -0.2) is 18.4 Å². The summed E-state index contributed by atoms with van der Waals surface area (Å²) in [6.07, 6.45) is 2.32. The molecular formula is C20H21FN2O2. The van der Waals surface area contributed by atoms with Gasteiger partial charge in [0.05, 0.1) is 11.8 Å². The third kappa shape index (κ3) is 4.89. The maximum atomic E-state index is 13.1. The van der Waals surface area contributed by atoms with Crippen molar-refractivity contribution in [1.82, 2.24) is 5.32 Å². The first-order chi connectivity index (χ1) is 12.1. The lowest BCUT2D eigenvalue weighted by Gasteiger charge is -2.06. The summed E-state index contributed by atoms with van der Waals surface area (Å²) >= 11 is 0. The minimum atomic E-state index is -0.402. The molecule has 2 amide bonds. The number of benzene rings is 2. The van der Waals surface area contributed by atoms with E-state index in [1.54, 1.807) is 6.07 Å². The smallest absolute Gasteiger partial charge is 0.228 e. The Morgan fingerprint density at radius 3 is 2.52 bits per heavy atom. The van der Waals surface area contributed by atoms with Gasteiger partial charge in [-0.25, -0.2) is 4.39 Å². The highest BCUT2D eigenvalue weighted by molar-refractivity contribution is 5.99.